The van der Waals surface area contributed by atoms with Crippen LogP contribution in [-0.4, -0.2) is 35.3 Å². The molecule has 1 amide bonds. The molecular formula is C23H30N2O3. The summed E-state index contributed by atoms with van der Waals surface area (Å²) in [6, 6.07) is 5.79. The van der Waals surface area contributed by atoms with Gasteiger partial charge in [0.2, 0.25) is 0 Å². The normalized spacial score (nSPS) is 19.3. The molecule has 5 heteroatoms. The zero-order valence-corrected chi connectivity index (χ0v) is 17.2. The molecule has 150 valence electrons. The van der Waals surface area contributed by atoms with Crippen molar-refractivity contribution in [1.82, 2.24) is 10.3 Å². The number of amides is 1. The Morgan fingerprint density at radius 3 is 2.61 bits per heavy atom. The zero-order chi connectivity index (χ0) is 20.3. The van der Waals surface area contributed by atoms with Gasteiger partial charge >= 0.3 is 0 Å². The predicted molar refractivity (Wildman–Crippen MR) is 110 cm³/mol. The van der Waals surface area contributed by atoms with Gasteiger partial charge in [0.25, 0.3) is 5.91 Å². The molecule has 1 aliphatic carbocycles. The number of pyridine rings is 1. The Morgan fingerprint density at radius 1 is 1.21 bits per heavy atom. The molecular weight excluding hydrogens is 352 g/mol. The van der Waals surface area contributed by atoms with Crippen molar-refractivity contribution in [1.29, 1.82) is 0 Å². The van der Waals surface area contributed by atoms with E-state index in [2.05, 4.69) is 23.3 Å². The van der Waals surface area contributed by atoms with Gasteiger partial charge in [0.15, 0.2) is 0 Å². The van der Waals surface area contributed by atoms with Crippen molar-refractivity contribution in [2.45, 2.75) is 65.0 Å². The molecule has 0 bridgehead atoms. The molecule has 3 rings (SSSR count). The number of benzene rings is 1. The smallest absolute Gasteiger partial charge is 0.255 e. The van der Waals surface area contributed by atoms with Gasteiger partial charge in [-0.05, 0) is 74.4 Å². The Hall–Kier alpha value is -2.40. The molecule has 2 aromatic rings. The Kier molecular flexibility index (Phi) is 6.35. The van der Waals surface area contributed by atoms with E-state index < -0.39 is 6.10 Å². The number of aliphatic hydroxyl groups is 1. The molecule has 1 aromatic heterocycles. The number of carbonyl (C=O) groups is 1. The fourth-order valence-corrected chi connectivity index (χ4v) is 3.93. The third-order valence-electron chi connectivity index (χ3n) is 5.81. The molecule has 0 unspecified atom stereocenters. The molecule has 1 aliphatic rings. The molecule has 0 aliphatic heterocycles. The minimum Gasteiger partial charge on any atom is -0.496 e. The molecule has 0 saturated heterocycles. The van der Waals surface area contributed by atoms with Crippen molar-refractivity contribution in [2.75, 3.05) is 7.11 Å². The van der Waals surface area contributed by atoms with E-state index in [1.807, 2.05) is 32.2 Å². The van der Waals surface area contributed by atoms with Crippen molar-refractivity contribution < 1.29 is 14.6 Å². The molecule has 1 fully saturated rings. The number of methoxy groups -OCH3 is 1. The maximum Gasteiger partial charge on any atom is 0.255 e. The first kappa shape index (κ1) is 20.3. The maximum absolute atomic E-state index is 13.0. The lowest BCUT2D eigenvalue weighted by Crippen LogP contribution is -2.45. The van der Waals surface area contributed by atoms with Crippen LogP contribution in [0.2, 0.25) is 0 Å². The molecule has 2 N–H and O–H groups in total. The Balaban J connectivity index is 1.91. The summed E-state index contributed by atoms with van der Waals surface area (Å²) in [6.07, 6.45) is 5.69. The number of aromatic nitrogens is 1. The lowest BCUT2D eigenvalue weighted by atomic mass is 9.91. The fourth-order valence-electron chi connectivity index (χ4n) is 3.93. The average Bonchev–Trinajstić information content (AvgIpc) is 2.68. The molecule has 0 radical (unpaired) electrons. The van der Waals surface area contributed by atoms with E-state index in [-0.39, 0.29) is 11.9 Å². The van der Waals surface area contributed by atoms with Gasteiger partial charge in [-0.25, -0.2) is 0 Å². The van der Waals surface area contributed by atoms with Crippen LogP contribution in [0, 0.1) is 20.8 Å². The van der Waals surface area contributed by atoms with Crippen LogP contribution < -0.4 is 10.1 Å². The number of ether oxygens (including phenoxy) is 1. The van der Waals surface area contributed by atoms with Crippen LogP contribution in [0.3, 0.4) is 0 Å². The SMILES string of the molecule is COc1c(C(=O)N[C@H]2CCCC[C@@H]2O)cc(Cc2ccc(C)nc2)c(C)c1C. The lowest BCUT2D eigenvalue weighted by molar-refractivity contribution is 0.0715. The summed E-state index contributed by atoms with van der Waals surface area (Å²) in [4.78, 5) is 17.4. The van der Waals surface area contributed by atoms with E-state index in [0.717, 1.165) is 53.6 Å². The molecule has 5 nitrogen and oxygen atoms in total. The van der Waals surface area contributed by atoms with Gasteiger partial charge in [-0.2, -0.15) is 0 Å². The van der Waals surface area contributed by atoms with E-state index >= 15 is 0 Å². The zero-order valence-electron chi connectivity index (χ0n) is 17.2. The highest BCUT2D eigenvalue weighted by Gasteiger charge is 2.27. The first-order valence-electron chi connectivity index (χ1n) is 9.98. The second kappa shape index (κ2) is 8.74. The van der Waals surface area contributed by atoms with Crippen LogP contribution >= 0.6 is 0 Å². The molecule has 1 aromatic carbocycles. The van der Waals surface area contributed by atoms with Gasteiger partial charge in [0, 0.05) is 11.9 Å². The van der Waals surface area contributed by atoms with Gasteiger partial charge in [0.05, 0.1) is 24.8 Å². The van der Waals surface area contributed by atoms with E-state index in [4.69, 9.17) is 4.74 Å². The maximum atomic E-state index is 13.0. The van der Waals surface area contributed by atoms with Gasteiger partial charge in [-0.1, -0.05) is 18.9 Å². The number of nitrogens with zero attached hydrogens (tertiary/aromatic N) is 1. The van der Waals surface area contributed by atoms with Crippen molar-refractivity contribution in [3.05, 3.63) is 57.9 Å². The summed E-state index contributed by atoms with van der Waals surface area (Å²) in [5, 5.41) is 13.2. The first-order chi connectivity index (χ1) is 13.4. The summed E-state index contributed by atoms with van der Waals surface area (Å²) >= 11 is 0. The summed E-state index contributed by atoms with van der Waals surface area (Å²) < 4.78 is 5.58. The highest BCUT2D eigenvalue weighted by Crippen LogP contribution is 2.31. The van der Waals surface area contributed by atoms with E-state index in [0.29, 0.717) is 17.7 Å². The van der Waals surface area contributed by atoms with Crippen molar-refractivity contribution in [3.8, 4) is 5.75 Å². The summed E-state index contributed by atoms with van der Waals surface area (Å²) in [5.41, 5.74) is 5.78. The van der Waals surface area contributed by atoms with Crippen LogP contribution in [0.25, 0.3) is 0 Å². The molecule has 2 atom stereocenters. The Labute approximate surface area is 167 Å². The molecule has 0 spiro atoms. The lowest BCUT2D eigenvalue weighted by Gasteiger charge is -2.29. The van der Waals surface area contributed by atoms with Crippen LogP contribution in [-0.2, 0) is 6.42 Å². The quantitative estimate of drug-likeness (QED) is 0.828. The van der Waals surface area contributed by atoms with Crippen LogP contribution in [0.4, 0.5) is 0 Å². The summed E-state index contributed by atoms with van der Waals surface area (Å²) in [6.45, 7) is 6.01. The standard InChI is InChI=1S/C23H30N2O3/c1-14-9-10-17(13-24-14)11-18-12-19(22(28-4)16(3)15(18)2)23(27)25-20-7-5-6-8-21(20)26/h9-10,12-13,20-21,26H,5-8,11H2,1-4H3,(H,25,27)/t20-,21-/m0/s1. The van der Waals surface area contributed by atoms with E-state index in [1.165, 1.54) is 0 Å². The van der Waals surface area contributed by atoms with Crippen LogP contribution in [0.5, 0.6) is 5.75 Å². The molecule has 1 heterocycles. The van der Waals surface area contributed by atoms with Crippen molar-refractivity contribution >= 4 is 5.91 Å². The summed E-state index contributed by atoms with van der Waals surface area (Å²) in [5.74, 6) is 0.417. The monoisotopic (exact) mass is 382 g/mol. The fraction of sp³-hybridized carbons (Fsp3) is 0.478. The number of aryl methyl sites for hydroxylation is 1. The van der Waals surface area contributed by atoms with Crippen LogP contribution in [0.15, 0.2) is 24.4 Å². The van der Waals surface area contributed by atoms with Crippen molar-refractivity contribution in [2.24, 2.45) is 0 Å². The minimum atomic E-state index is -0.478. The highest BCUT2D eigenvalue weighted by molar-refractivity contribution is 5.98. The summed E-state index contributed by atoms with van der Waals surface area (Å²) in [7, 11) is 1.59. The predicted octanol–water partition coefficient (Wildman–Crippen LogP) is 3.64. The third-order valence-corrected chi connectivity index (χ3v) is 5.81. The Morgan fingerprint density at radius 2 is 1.96 bits per heavy atom. The first-order valence-corrected chi connectivity index (χ1v) is 9.98. The third kappa shape index (κ3) is 4.36. The van der Waals surface area contributed by atoms with Gasteiger partial charge in [0.1, 0.15) is 5.75 Å². The number of rotatable bonds is 5. The number of hydrogen-bond acceptors (Lipinski definition) is 4. The van der Waals surface area contributed by atoms with Gasteiger partial charge in [-0.3, -0.25) is 9.78 Å². The van der Waals surface area contributed by atoms with Gasteiger partial charge in [-0.15, -0.1) is 0 Å². The molecule has 28 heavy (non-hydrogen) atoms. The largest absolute Gasteiger partial charge is 0.496 e. The number of aliphatic hydroxyl groups excluding tert-OH is 1. The topological polar surface area (TPSA) is 71.5 Å². The van der Waals surface area contributed by atoms with Gasteiger partial charge < -0.3 is 15.2 Å². The minimum absolute atomic E-state index is 0.186. The Bertz CT molecular complexity index is 846. The van der Waals surface area contributed by atoms with Crippen molar-refractivity contribution in [3.63, 3.8) is 0 Å². The number of nitrogens with one attached hydrogen (secondary N) is 1. The van der Waals surface area contributed by atoms with E-state index in [9.17, 15) is 9.90 Å². The van der Waals surface area contributed by atoms with E-state index in [1.54, 1.807) is 7.11 Å². The number of carbonyl (C=O) groups excluding carboxylic acids is 1. The van der Waals surface area contributed by atoms with Crippen LogP contribution in [0.1, 0.15) is 64.0 Å². The second-order valence-electron chi connectivity index (χ2n) is 7.78. The molecule has 1 saturated carbocycles. The number of hydrogen-bond donors (Lipinski definition) is 2. The second-order valence-corrected chi connectivity index (χ2v) is 7.78. The average molecular weight is 383 g/mol. The highest BCUT2D eigenvalue weighted by atomic mass is 16.5.